The van der Waals surface area contributed by atoms with Crippen LogP contribution in [0, 0.1) is 5.82 Å². The van der Waals surface area contributed by atoms with Gasteiger partial charge in [0.05, 0.1) is 5.38 Å². The van der Waals surface area contributed by atoms with Gasteiger partial charge in [-0.2, -0.15) is 0 Å². The van der Waals surface area contributed by atoms with Crippen molar-refractivity contribution in [3.8, 4) is 0 Å². The van der Waals surface area contributed by atoms with Gasteiger partial charge in [0.2, 0.25) is 0 Å². The standard InChI is InChI=1S/C15H9BrClFS/c16-13-6-5-9(18)7-11(13)15(17)12-8-19-14-4-2-1-3-10(12)14/h1-8,15H. The lowest BCUT2D eigenvalue weighted by Gasteiger charge is -2.11. The van der Waals surface area contributed by atoms with Crippen molar-refractivity contribution in [1.82, 2.24) is 0 Å². The van der Waals surface area contributed by atoms with Crippen LogP contribution in [0.3, 0.4) is 0 Å². The molecule has 2 aromatic carbocycles. The van der Waals surface area contributed by atoms with Crippen LogP contribution < -0.4 is 0 Å². The third-order valence-electron chi connectivity index (χ3n) is 3.02. The van der Waals surface area contributed by atoms with E-state index in [1.54, 1.807) is 17.4 Å². The second-order valence-electron chi connectivity index (χ2n) is 4.22. The molecule has 1 aromatic heterocycles. The predicted molar refractivity (Wildman–Crippen MR) is 83.6 cm³/mol. The summed E-state index contributed by atoms with van der Waals surface area (Å²) < 4.78 is 15.4. The highest BCUT2D eigenvalue weighted by atomic mass is 79.9. The molecule has 0 saturated carbocycles. The Hall–Kier alpha value is -0.900. The molecule has 96 valence electrons. The third-order valence-corrected chi connectivity index (χ3v) is 5.19. The van der Waals surface area contributed by atoms with E-state index in [-0.39, 0.29) is 11.2 Å². The Morgan fingerprint density at radius 2 is 1.89 bits per heavy atom. The Bertz CT molecular complexity index is 738. The van der Waals surface area contributed by atoms with E-state index in [1.807, 2.05) is 23.6 Å². The molecule has 0 aliphatic heterocycles. The van der Waals surface area contributed by atoms with Crippen LogP contribution in [0.25, 0.3) is 10.1 Å². The molecule has 0 amide bonds. The monoisotopic (exact) mass is 354 g/mol. The number of rotatable bonds is 2. The van der Waals surface area contributed by atoms with Crippen LogP contribution in [-0.2, 0) is 0 Å². The number of hydrogen-bond acceptors (Lipinski definition) is 1. The highest BCUT2D eigenvalue weighted by Gasteiger charge is 2.18. The van der Waals surface area contributed by atoms with Gasteiger partial charge in [-0.3, -0.25) is 0 Å². The van der Waals surface area contributed by atoms with E-state index in [4.69, 9.17) is 11.6 Å². The number of benzene rings is 2. The van der Waals surface area contributed by atoms with Crippen LogP contribution in [0.5, 0.6) is 0 Å². The normalized spacial score (nSPS) is 12.8. The predicted octanol–water partition coefficient (Wildman–Crippen LogP) is 6.13. The van der Waals surface area contributed by atoms with Crippen molar-refractivity contribution >= 4 is 49.0 Å². The van der Waals surface area contributed by atoms with Crippen LogP contribution >= 0.6 is 38.9 Å². The number of fused-ring (bicyclic) bond motifs is 1. The lowest BCUT2D eigenvalue weighted by Crippen LogP contribution is -1.94. The largest absolute Gasteiger partial charge is 0.207 e. The SMILES string of the molecule is Fc1ccc(Br)c(C(Cl)c2csc3ccccc23)c1. The first-order valence-electron chi connectivity index (χ1n) is 5.72. The lowest BCUT2D eigenvalue weighted by atomic mass is 10.0. The summed E-state index contributed by atoms with van der Waals surface area (Å²) in [7, 11) is 0. The summed E-state index contributed by atoms with van der Waals surface area (Å²) >= 11 is 11.6. The molecular weight excluding hydrogens is 347 g/mol. The number of hydrogen-bond donors (Lipinski definition) is 0. The fraction of sp³-hybridized carbons (Fsp3) is 0.0667. The summed E-state index contributed by atoms with van der Waals surface area (Å²) in [6.45, 7) is 0. The maximum Gasteiger partial charge on any atom is 0.123 e. The minimum atomic E-state index is -0.360. The quantitative estimate of drug-likeness (QED) is 0.485. The van der Waals surface area contributed by atoms with E-state index in [9.17, 15) is 4.39 Å². The first-order chi connectivity index (χ1) is 9.16. The topological polar surface area (TPSA) is 0 Å². The molecule has 1 unspecified atom stereocenters. The lowest BCUT2D eigenvalue weighted by molar-refractivity contribution is 0.625. The Morgan fingerprint density at radius 3 is 2.74 bits per heavy atom. The van der Waals surface area contributed by atoms with Crippen molar-refractivity contribution in [1.29, 1.82) is 0 Å². The molecule has 0 bridgehead atoms. The fourth-order valence-corrected chi connectivity index (χ4v) is 4.10. The molecule has 1 atom stereocenters. The van der Waals surface area contributed by atoms with Crippen LogP contribution in [0.4, 0.5) is 4.39 Å². The zero-order chi connectivity index (χ0) is 13.4. The minimum absolute atomic E-state index is 0.275. The van der Waals surface area contributed by atoms with Gasteiger partial charge in [-0.25, -0.2) is 4.39 Å². The van der Waals surface area contributed by atoms with Gasteiger partial charge in [-0.15, -0.1) is 22.9 Å². The third kappa shape index (κ3) is 2.42. The first kappa shape index (κ1) is 13.1. The van der Waals surface area contributed by atoms with Gasteiger partial charge in [0.1, 0.15) is 5.82 Å². The fourth-order valence-electron chi connectivity index (χ4n) is 2.07. The number of alkyl halides is 1. The van der Waals surface area contributed by atoms with E-state index >= 15 is 0 Å². The van der Waals surface area contributed by atoms with Crippen molar-refractivity contribution in [2.45, 2.75) is 5.38 Å². The van der Waals surface area contributed by atoms with Crippen LogP contribution in [0.2, 0.25) is 0 Å². The minimum Gasteiger partial charge on any atom is -0.207 e. The van der Waals surface area contributed by atoms with Gasteiger partial charge in [-0.05, 0) is 46.2 Å². The molecule has 0 aliphatic rings. The van der Waals surface area contributed by atoms with E-state index in [0.717, 1.165) is 21.0 Å². The molecule has 1 heterocycles. The van der Waals surface area contributed by atoms with E-state index < -0.39 is 0 Å². The van der Waals surface area contributed by atoms with Crippen molar-refractivity contribution in [3.05, 3.63) is 69.3 Å². The van der Waals surface area contributed by atoms with Crippen molar-refractivity contribution in [2.24, 2.45) is 0 Å². The molecule has 0 N–H and O–H groups in total. The Labute approximate surface area is 128 Å². The van der Waals surface area contributed by atoms with Gasteiger partial charge in [0, 0.05) is 9.17 Å². The molecule has 0 radical (unpaired) electrons. The van der Waals surface area contributed by atoms with Gasteiger partial charge in [0.25, 0.3) is 0 Å². The molecule has 0 saturated heterocycles. The smallest absolute Gasteiger partial charge is 0.123 e. The summed E-state index contributed by atoms with van der Waals surface area (Å²) in [5.74, 6) is -0.275. The summed E-state index contributed by atoms with van der Waals surface area (Å²) in [6.07, 6.45) is 0. The zero-order valence-electron chi connectivity index (χ0n) is 9.74. The molecule has 0 fully saturated rings. The average Bonchev–Trinajstić information content (AvgIpc) is 2.84. The number of thiophene rings is 1. The van der Waals surface area contributed by atoms with Gasteiger partial charge in [-0.1, -0.05) is 34.1 Å². The Morgan fingerprint density at radius 1 is 1.11 bits per heavy atom. The molecule has 0 spiro atoms. The van der Waals surface area contributed by atoms with E-state index in [2.05, 4.69) is 22.0 Å². The summed E-state index contributed by atoms with van der Waals surface area (Å²) in [6, 6.07) is 12.7. The maximum absolute atomic E-state index is 13.4. The summed E-state index contributed by atoms with van der Waals surface area (Å²) in [5.41, 5.74) is 1.78. The van der Waals surface area contributed by atoms with Crippen LogP contribution in [0.15, 0.2) is 52.3 Å². The maximum atomic E-state index is 13.4. The van der Waals surface area contributed by atoms with Gasteiger partial charge < -0.3 is 0 Å². The molecule has 19 heavy (non-hydrogen) atoms. The second-order valence-corrected chi connectivity index (χ2v) is 6.42. The Balaban J connectivity index is 2.13. The van der Waals surface area contributed by atoms with Gasteiger partial charge in [0.15, 0.2) is 0 Å². The van der Waals surface area contributed by atoms with Crippen molar-refractivity contribution < 1.29 is 4.39 Å². The Kier molecular flexibility index (Phi) is 3.61. The summed E-state index contributed by atoms with van der Waals surface area (Å²) in [5, 5.41) is 2.81. The van der Waals surface area contributed by atoms with Crippen molar-refractivity contribution in [3.63, 3.8) is 0 Å². The molecule has 3 rings (SSSR count). The highest BCUT2D eigenvalue weighted by molar-refractivity contribution is 9.10. The van der Waals surface area contributed by atoms with E-state index in [1.165, 1.54) is 16.8 Å². The molecule has 3 aromatic rings. The highest BCUT2D eigenvalue weighted by Crippen LogP contribution is 2.39. The second kappa shape index (κ2) is 5.23. The molecular formula is C15H9BrClFS. The average molecular weight is 356 g/mol. The zero-order valence-corrected chi connectivity index (χ0v) is 12.9. The van der Waals surface area contributed by atoms with E-state index in [0.29, 0.717) is 0 Å². The van der Waals surface area contributed by atoms with Crippen molar-refractivity contribution in [2.75, 3.05) is 0 Å². The molecule has 4 heteroatoms. The first-order valence-corrected chi connectivity index (χ1v) is 7.83. The van der Waals surface area contributed by atoms with Crippen LogP contribution in [0.1, 0.15) is 16.5 Å². The van der Waals surface area contributed by atoms with Crippen LogP contribution in [-0.4, -0.2) is 0 Å². The molecule has 0 nitrogen and oxygen atoms in total. The number of halogens is 3. The van der Waals surface area contributed by atoms with Gasteiger partial charge >= 0.3 is 0 Å². The molecule has 0 aliphatic carbocycles. The summed E-state index contributed by atoms with van der Waals surface area (Å²) in [4.78, 5) is 0.